The Labute approximate surface area is 219 Å². The van der Waals surface area contributed by atoms with Crippen LogP contribution in [0.15, 0.2) is 58.6 Å². The molecule has 0 radical (unpaired) electrons. The molecule has 0 heterocycles. The van der Waals surface area contributed by atoms with Gasteiger partial charge in [0.15, 0.2) is 0 Å². The molecule has 1 rings (SSSR count). The summed E-state index contributed by atoms with van der Waals surface area (Å²) >= 11 is 0. The van der Waals surface area contributed by atoms with Gasteiger partial charge in [-0.1, -0.05) is 74.5 Å². The Bertz CT molecular complexity index is 853. The molecule has 36 heavy (non-hydrogen) atoms. The van der Waals surface area contributed by atoms with E-state index in [1.54, 1.807) is 25.3 Å². The molecule has 0 aliphatic carbocycles. The van der Waals surface area contributed by atoms with Crippen LogP contribution in [0.5, 0.6) is 0 Å². The third kappa shape index (κ3) is 16.1. The predicted octanol–water partition coefficient (Wildman–Crippen LogP) is 6.71. The minimum atomic E-state index is -0.267. The van der Waals surface area contributed by atoms with Crippen LogP contribution in [0.3, 0.4) is 0 Å². The Balaban J connectivity index is 0.000000935. The number of carbonyl (C=O) groups is 1. The number of hydrogen-bond donors (Lipinski definition) is 4. The number of carbonyl (C=O) groups excluding carboxylic acids is 1. The number of nitrogens with zero attached hydrogens (tertiary/aromatic N) is 1. The Hall–Kier alpha value is -2.70. The van der Waals surface area contributed by atoms with Crippen molar-refractivity contribution < 1.29 is 9.90 Å². The number of nitrogens with two attached hydrogens (primary N) is 1. The molecule has 5 N–H and O–H groups in total. The zero-order valence-electron chi connectivity index (χ0n) is 23.4. The molecule has 0 saturated carbocycles. The lowest BCUT2D eigenvalue weighted by Crippen LogP contribution is -2.34. The molecular formula is C30H50N4O2. The maximum absolute atomic E-state index is 12.2. The number of benzene rings is 1. The van der Waals surface area contributed by atoms with Crippen LogP contribution < -0.4 is 16.4 Å². The van der Waals surface area contributed by atoms with Crippen molar-refractivity contribution in [2.45, 2.75) is 86.1 Å². The first-order chi connectivity index (χ1) is 17.3. The van der Waals surface area contributed by atoms with Gasteiger partial charge in [-0.2, -0.15) is 0 Å². The van der Waals surface area contributed by atoms with Gasteiger partial charge in [0.1, 0.15) is 0 Å². The highest BCUT2D eigenvalue weighted by atomic mass is 16.3. The first kappa shape index (κ1) is 33.3. The van der Waals surface area contributed by atoms with Gasteiger partial charge in [0.25, 0.3) is 5.91 Å². The molecule has 1 aromatic rings. The number of nitrogens with one attached hydrogen (secondary N) is 2. The normalized spacial score (nSPS) is 12.0. The van der Waals surface area contributed by atoms with Gasteiger partial charge in [-0.05, 0) is 59.2 Å². The first-order valence-electron chi connectivity index (χ1n) is 13.3. The van der Waals surface area contributed by atoms with Crippen LogP contribution in [0.4, 0.5) is 11.4 Å². The Morgan fingerprint density at radius 1 is 1.11 bits per heavy atom. The number of amides is 1. The fourth-order valence-electron chi connectivity index (χ4n) is 3.07. The standard InChI is InChI=1S/C20H33N3O2.C10H17N/c1-4-6-7-8-9-10-13-22-18-12-11-17(14-19(18)21-5-2)20(25)23-16(3)15-24;1-9(2)10(3)7-5-4-6-8-11/h5,11-12,14,16,22,24H,4,6-10,13,15H2,1-3H3,(H,23,25);4-7H,8,11H2,1-3H3/b;6-4+,7-5-. The summed E-state index contributed by atoms with van der Waals surface area (Å²) in [7, 11) is 0. The van der Waals surface area contributed by atoms with Crippen LogP contribution >= 0.6 is 0 Å². The van der Waals surface area contributed by atoms with E-state index in [1.165, 1.54) is 43.3 Å². The van der Waals surface area contributed by atoms with Gasteiger partial charge in [0, 0.05) is 30.9 Å². The van der Waals surface area contributed by atoms with Gasteiger partial charge in [-0.3, -0.25) is 9.79 Å². The second-order valence-electron chi connectivity index (χ2n) is 9.08. The summed E-state index contributed by atoms with van der Waals surface area (Å²) < 4.78 is 0. The van der Waals surface area contributed by atoms with Crippen LogP contribution in [0.1, 0.15) is 90.4 Å². The molecule has 1 atom stereocenters. The summed E-state index contributed by atoms with van der Waals surface area (Å²) in [6, 6.07) is 5.20. The van der Waals surface area contributed by atoms with Crippen LogP contribution in [0, 0.1) is 0 Å². The van der Waals surface area contributed by atoms with Crippen LogP contribution in [0.25, 0.3) is 0 Å². The summed E-state index contributed by atoms with van der Waals surface area (Å²) in [5, 5.41) is 15.2. The molecule has 0 aromatic heterocycles. The number of aliphatic hydroxyl groups excluding tert-OH is 1. The smallest absolute Gasteiger partial charge is 0.251 e. The number of rotatable bonds is 15. The van der Waals surface area contributed by atoms with E-state index in [0.717, 1.165) is 24.3 Å². The molecule has 0 saturated heterocycles. The van der Waals surface area contributed by atoms with E-state index in [9.17, 15) is 4.79 Å². The maximum Gasteiger partial charge on any atom is 0.251 e. The van der Waals surface area contributed by atoms with Crippen molar-refractivity contribution in [3.05, 3.63) is 59.2 Å². The lowest BCUT2D eigenvalue weighted by Gasteiger charge is -2.13. The topological polar surface area (TPSA) is 99.7 Å². The minimum absolute atomic E-state index is 0.0798. The fraction of sp³-hybridized carbons (Fsp3) is 0.533. The number of allylic oxidation sites excluding steroid dienone is 5. The molecule has 1 unspecified atom stereocenters. The molecule has 0 aliphatic rings. The lowest BCUT2D eigenvalue weighted by molar-refractivity contribution is 0.0922. The van der Waals surface area contributed by atoms with Gasteiger partial charge in [-0.25, -0.2) is 0 Å². The second kappa shape index (κ2) is 21.6. The Morgan fingerprint density at radius 3 is 2.42 bits per heavy atom. The monoisotopic (exact) mass is 498 g/mol. The van der Waals surface area contributed by atoms with Crippen LogP contribution in [-0.2, 0) is 0 Å². The molecule has 1 amide bonds. The minimum Gasteiger partial charge on any atom is -0.394 e. The molecule has 0 bridgehead atoms. The summed E-state index contributed by atoms with van der Waals surface area (Å²) in [4.78, 5) is 16.5. The second-order valence-corrected chi connectivity index (χ2v) is 9.08. The molecule has 6 nitrogen and oxygen atoms in total. The third-order valence-corrected chi connectivity index (χ3v) is 5.54. The van der Waals surface area contributed by atoms with E-state index in [-0.39, 0.29) is 18.6 Å². The predicted molar refractivity (Wildman–Crippen MR) is 158 cm³/mol. The average Bonchev–Trinajstić information content (AvgIpc) is 2.87. The van der Waals surface area contributed by atoms with E-state index in [4.69, 9.17) is 10.8 Å². The molecule has 1 aromatic carbocycles. The van der Waals surface area contributed by atoms with Gasteiger partial charge in [0.05, 0.1) is 18.0 Å². The Kier molecular flexibility index (Phi) is 20.0. The number of aliphatic imine (C=N–C) groups is 1. The molecule has 0 spiro atoms. The van der Waals surface area contributed by atoms with E-state index in [0.29, 0.717) is 12.1 Å². The van der Waals surface area contributed by atoms with Crippen LogP contribution in [0.2, 0.25) is 0 Å². The van der Waals surface area contributed by atoms with Gasteiger partial charge < -0.3 is 21.5 Å². The largest absolute Gasteiger partial charge is 0.394 e. The van der Waals surface area contributed by atoms with E-state index < -0.39 is 0 Å². The molecule has 202 valence electrons. The molecule has 0 aliphatic heterocycles. The summed E-state index contributed by atoms with van der Waals surface area (Å²) in [5.74, 6) is -0.198. The third-order valence-electron chi connectivity index (χ3n) is 5.54. The number of aliphatic hydroxyl groups is 1. The molecule has 6 heteroatoms. The maximum atomic E-state index is 12.2. The number of anilines is 1. The first-order valence-corrected chi connectivity index (χ1v) is 13.3. The quantitative estimate of drug-likeness (QED) is 0.123. The van der Waals surface area contributed by atoms with Crippen molar-refractivity contribution in [1.82, 2.24) is 5.32 Å². The average molecular weight is 499 g/mol. The van der Waals surface area contributed by atoms with Crippen molar-refractivity contribution in [3.8, 4) is 0 Å². The lowest BCUT2D eigenvalue weighted by atomic mass is 10.1. The highest BCUT2D eigenvalue weighted by Gasteiger charge is 2.11. The van der Waals surface area contributed by atoms with Crippen molar-refractivity contribution in [2.24, 2.45) is 10.7 Å². The Morgan fingerprint density at radius 2 is 1.81 bits per heavy atom. The number of unbranched alkanes of at least 4 members (excludes halogenated alkanes) is 5. The van der Waals surface area contributed by atoms with Gasteiger partial charge in [0.2, 0.25) is 0 Å². The molecular weight excluding hydrogens is 448 g/mol. The highest BCUT2D eigenvalue weighted by Crippen LogP contribution is 2.26. The zero-order valence-corrected chi connectivity index (χ0v) is 23.4. The van der Waals surface area contributed by atoms with Crippen molar-refractivity contribution >= 4 is 23.5 Å². The SMILES string of the molecule is CC(C)=C(C)/C=C\C=C\CN.CC=Nc1cc(C(=O)NC(C)CO)ccc1NCCCCCCCC. The van der Waals surface area contributed by atoms with Gasteiger partial charge in [-0.15, -0.1) is 0 Å². The fourth-order valence-corrected chi connectivity index (χ4v) is 3.07. The van der Waals surface area contributed by atoms with Crippen molar-refractivity contribution in [3.63, 3.8) is 0 Å². The summed E-state index contributed by atoms with van der Waals surface area (Å²) in [6.45, 7) is 13.6. The van der Waals surface area contributed by atoms with Gasteiger partial charge >= 0.3 is 0 Å². The summed E-state index contributed by atoms with van der Waals surface area (Å²) in [6.07, 6.45) is 17.3. The van der Waals surface area contributed by atoms with Crippen molar-refractivity contribution in [1.29, 1.82) is 0 Å². The molecule has 0 fully saturated rings. The van der Waals surface area contributed by atoms with E-state index in [1.807, 2.05) is 31.2 Å². The number of hydrogen-bond acceptors (Lipinski definition) is 5. The van der Waals surface area contributed by atoms with Crippen molar-refractivity contribution in [2.75, 3.05) is 25.0 Å². The van der Waals surface area contributed by atoms with E-state index in [2.05, 4.69) is 49.4 Å². The van der Waals surface area contributed by atoms with E-state index >= 15 is 0 Å². The highest BCUT2D eigenvalue weighted by molar-refractivity contribution is 5.96. The zero-order chi connectivity index (χ0) is 27.2. The summed E-state index contributed by atoms with van der Waals surface area (Å²) in [5.41, 5.74) is 10.2. The van der Waals surface area contributed by atoms with Crippen LogP contribution in [-0.4, -0.2) is 43.0 Å².